The summed E-state index contributed by atoms with van der Waals surface area (Å²) in [4.78, 5) is 0. The van der Waals surface area contributed by atoms with Crippen LogP contribution >= 0.6 is 0 Å². The molecule has 0 amide bonds. The van der Waals surface area contributed by atoms with E-state index in [2.05, 4.69) is 18.2 Å². The number of methoxy groups -OCH3 is 2. The van der Waals surface area contributed by atoms with Crippen molar-refractivity contribution in [2.45, 2.75) is 31.8 Å². The third-order valence-electron chi connectivity index (χ3n) is 5.11. The molecule has 27 heavy (non-hydrogen) atoms. The normalized spacial score (nSPS) is 19.3. The van der Waals surface area contributed by atoms with Gasteiger partial charge in [0.05, 0.1) is 20.8 Å². The van der Waals surface area contributed by atoms with Crippen LogP contribution in [0.25, 0.3) is 6.08 Å². The first kappa shape index (κ1) is 17.6. The number of benzene rings is 2. The van der Waals surface area contributed by atoms with Gasteiger partial charge in [-0.15, -0.1) is 0 Å². The van der Waals surface area contributed by atoms with Crippen molar-refractivity contribution in [1.29, 1.82) is 0 Å². The first-order chi connectivity index (χ1) is 12.9. The Morgan fingerprint density at radius 3 is 2.59 bits per heavy atom. The second kappa shape index (κ2) is 6.41. The number of ether oxygens (including phenoxy) is 4. The average molecular weight is 368 g/mol. The van der Waals surface area contributed by atoms with Crippen molar-refractivity contribution in [1.82, 2.24) is 0 Å². The van der Waals surface area contributed by atoms with Crippen LogP contribution in [0.2, 0.25) is 0 Å². The maximum Gasteiger partial charge on any atom is 0.203 e. The first-order valence-corrected chi connectivity index (χ1v) is 9.03. The first-order valence-electron chi connectivity index (χ1n) is 9.03. The Hall–Kier alpha value is -2.82. The second-order valence-electron chi connectivity index (χ2n) is 7.49. The van der Waals surface area contributed by atoms with Gasteiger partial charge in [0.15, 0.2) is 11.5 Å². The van der Waals surface area contributed by atoms with Crippen LogP contribution in [-0.4, -0.2) is 31.5 Å². The number of hydrogen-bond acceptors (Lipinski definition) is 5. The Labute approximate surface area is 159 Å². The van der Waals surface area contributed by atoms with Crippen LogP contribution in [0.3, 0.4) is 0 Å². The van der Waals surface area contributed by atoms with E-state index in [0.29, 0.717) is 18.1 Å². The summed E-state index contributed by atoms with van der Waals surface area (Å²) in [5.74, 6) is 2.78. The van der Waals surface area contributed by atoms with Crippen LogP contribution in [0.15, 0.2) is 30.3 Å². The van der Waals surface area contributed by atoms with E-state index in [4.69, 9.17) is 18.9 Å². The molecule has 0 saturated carbocycles. The van der Waals surface area contributed by atoms with E-state index in [0.717, 1.165) is 34.6 Å². The van der Waals surface area contributed by atoms with Gasteiger partial charge in [-0.2, -0.15) is 0 Å². The predicted molar refractivity (Wildman–Crippen MR) is 103 cm³/mol. The zero-order valence-electron chi connectivity index (χ0n) is 16.0. The van der Waals surface area contributed by atoms with Gasteiger partial charge in [-0.1, -0.05) is 12.1 Å². The largest absolute Gasteiger partial charge is 0.504 e. The molecule has 0 spiro atoms. The molecule has 0 saturated heterocycles. The lowest BCUT2D eigenvalue weighted by Gasteiger charge is -2.31. The fraction of sp³-hybridized carbons (Fsp3) is 0.364. The highest BCUT2D eigenvalue weighted by Crippen LogP contribution is 2.46. The minimum Gasteiger partial charge on any atom is -0.504 e. The lowest BCUT2D eigenvalue weighted by Crippen LogP contribution is -2.28. The molecule has 2 heterocycles. The molecule has 2 aromatic rings. The van der Waals surface area contributed by atoms with Crippen LogP contribution in [0, 0.1) is 0 Å². The summed E-state index contributed by atoms with van der Waals surface area (Å²) in [6.07, 6.45) is 4.98. The molecule has 4 rings (SSSR count). The summed E-state index contributed by atoms with van der Waals surface area (Å²) < 4.78 is 23.0. The van der Waals surface area contributed by atoms with Gasteiger partial charge >= 0.3 is 0 Å². The van der Waals surface area contributed by atoms with Crippen molar-refractivity contribution in [2.24, 2.45) is 0 Å². The van der Waals surface area contributed by atoms with Crippen molar-refractivity contribution in [3.8, 4) is 28.7 Å². The quantitative estimate of drug-likeness (QED) is 0.875. The van der Waals surface area contributed by atoms with Gasteiger partial charge < -0.3 is 24.1 Å². The number of phenols is 1. The van der Waals surface area contributed by atoms with Gasteiger partial charge in [-0.3, -0.25) is 0 Å². The standard InChI is InChI=1S/C22H24O5/c1-22(2)8-7-13-9-14-10-15(12-26-18(14)11-19(13)27-22)16-5-6-17(23)21(25-4)20(16)24-3/h5-9,11,15,23H,10,12H2,1-4H3. The van der Waals surface area contributed by atoms with E-state index in [1.165, 1.54) is 7.11 Å². The molecule has 0 bridgehead atoms. The molecule has 2 aromatic carbocycles. The summed E-state index contributed by atoms with van der Waals surface area (Å²) in [5.41, 5.74) is 2.84. The van der Waals surface area contributed by atoms with Crippen molar-refractivity contribution in [2.75, 3.05) is 20.8 Å². The summed E-state index contributed by atoms with van der Waals surface area (Å²) in [7, 11) is 3.10. The molecule has 1 N–H and O–H groups in total. The van der Waals surface area contributed by atoms with Gasteiger partial charge in [-0.05, 0) is 44.0 Å². The fourth-order valence-electron chi connectivity index (χ4n) is 3.76. The number of hydrogen-bond donors (Lipinski definition) is 1. The van der Waals surface area contributed by atoms with E-state index >= 15 is 0 Å². The Kier molecular flexibility index (Phi) is 4.17. The minimum absolute atomic E-state index is 0.0641. The lowest BCUT2D eigenvalue weighted by atomic mass is 9.88. The highest BCUT2D eigenvalue weighted by Gasteiger charge is 2.29. The number of rotatable bonds is 3. The summed E-state index contributed by atoms with van der Waals surface area (Å²) in [6, 6.07) is 7.63. The molecule has 2 aliphatic rings. The smallest absolute Gasteiger partial charge is 0.203 e. The zero-order chi connectivity index (χ0) is 19.2. The SMILES string of the molecule is COc1c(O)ccc(C2COc3cc4c(cc3C2)C=CC(C)(C)O4)c1OC. The van der Waals surface area contributed by atoms with E-state index in [-0.39, 0.29) is 17.3 Å². The molecular formula is C22H24O5. The van der Waals surface area contributed by atoms with Crippen LogP contribution in [0.5, 0.6) is 28.7 Å². The topological polar surface area (TPSA) is 57.2 Å². The zero-order valence-corrected chi connectivity index (χ0v) is 16.0. The molecular weight excluding hydrogens is 344 g/mol. The van der Waals surface area contributed by atoms with E-state index < -0.39 is 0 Å². The Bertz CT molecular complexity index is 913. The predicted octanol–water partition coefficient (Wildman–Crippen LogP) is 4.31. The van der Waals surface area contributed by atoms with Crippen LogP contribution in [-0.2, 0) is 6.42 Å². The Balaban J connectivity index is 1.69. The number of fused-ring (bicyclic) bond motifs is 2. The molecule has 0 radical (unpaired) electrons. The maximum absolute atomic E-state index is 10.0. The van der Waals surface area contributed by atoms with Gasteiger partial charge in [0, 0.05) is 23.1 Å². The summed E-state index contributed by atoms with van der Waals surface area (Å²) >= 11 is 0. The van der Waals surface area contributed by atoms with Crippen LogP contribution < -0.4 is 18.9 Å². The Morgan fingerprint density at radius 1 is 1.07 bits per heavy atom. The van der Waals surface area contributed by atoms with Crippen molar-refractivity contribution < 1.29 is 24.1 Å². The van der Waals surface area contributed by atoms with Gasteiger partial charge in [0.1, 0.15) is 17.1 Å². The second-order valence-corrected chi connectivity index (χ2v) is 7.49. The van der Waals surface area contributed by atoms with E-state index in [1.54, 1.807) is 13.2 Å². The van der Waals surface area contributed by atoms with Gasteiger partial charge in [-0.25, -0.2) is 0 Å². The highest BCUT2D eigenvalue weighted by molar-refractivity contribution is 5.65. The summed E-state index contributed by atoms with van der Waals surface area (Å²) in [6.45, 7) is 4.59. The maximum atomic E-state index is 10.0. The molecule has 5 nitrogen and oxygen atoms in total. The average Bonchev–Trinajstić information content (AvgIpc) is 2.65. The van der Waals surface area contributed by atoms with Crippen molar-refractivity contribution in [3.63, 3.8) is 0 Å². The van der Waals surface area contributed by atoms with Crippen LogP contribution in [0.1, 0.15) is 36.5 Å². The molecule has 0 aliphatic carbocycles. The molecule has 0 aromatic heterocycles. The van der Waals surface area contributed by atoms with Crippen LogP contribution in [0.4, 0.5) is 0 Å². The van der Waals surface area contributed by atoms with Crippen molar-refractivity contribution >= 4 is 6.08 Å². The lowest BCUT2D eigenvalue weighted by molar-refractivity contribution is 0.157. The number of phenolic OH excluding ortho intramolecular Hbond substituents is 1. The monoisotopic (exact) mass is 368 g/mol. The van der Waals surface area contributed by atoms with E-state index in [9.17, 15) is 5.11 Å². The minimum atomic E-state index is -0.311. The molecule has 142 valence electrons. The highest BCUT2D eigenvalue weighted by atomic mass is 16.5. The third kappa shape index (κ3) is 3.07. The molecule has 0 fully saturated rings. The Morgan fingerprint density at radius 2 is 1.85 bits per heavy atom. The van der Waals surface area contributed by atoms with Gasteiger partial charge in [0.2, 0.25) is 5.75 Å². The van der Waals surface area contributed by atoms with Gasteiger partial charge in [0.25, 0.3) is 0 Å². The number of aromatic hydroxyl groups is 1. The molecule has 2 aliphatic heterocycles. The molecule has 5 heteroatoms. The van der Waals surface area contributed by atoms with Crippen molar-refractivity contribution in [3.05, 3.63) is 47.0 Å². The molecule has 1 unspecified atom stereocenters. The fourth-order valence-corrected chi connectivity index (χ4v) is 3.76. The molecule has 1 atom stereocenters. The third-order valence-corrected chi connectivity index (χ3v) is 5.11. The summed E-state index contributed by atoms with van der Waals surface area (Å²) in [5, 5.41) is 10.0. The van der Waals surface area contributed by atoms with E-state index in [1.807, 2.05) is 26.0 Å².